The number of aliphatic imine (C=N–C) groups is 1. The van der Waals surface area contributed by atoms with Gasteiger partial charge < -0.3 is 20.3 Å². The predicted octanol–water partition coefficient (Wildman–Crippen LogP) is 2.53. The quantitative estimate of drug-likeness (QED) is 0.433. The number of amides is 1. The van der Waals surface area contributed by atoms with E-state index in [0.29, 0.717) is 23.9 Å². The molecule has 26 heavy (non-hydrogen) atoms. The average Bonchev–Trinajstić information content (AvgIpc) is 3.07. The van der Waals surface area contributed by atoms with E-state index in [0.717, 1.165) is 32.0 Å². The van der Waals surface area contributed by atoms with Gasteiger partial charge in [0.25, 0.3) is 0 Å². The highest BCUT2D eigenvalue weighted by atomic mass is 35.5. The van der Waals surface area contributed by atoms with Gasteiger partial charge in [0.05, 0.1) is 11.6 Å². The third-order valence-electron chi connectivity index (χ3n) is 4.13. The Labute approximate surface area is 161 Å². The molecule has 0 aliphatic carbocycles. The highest BCUT2D eigenvalue weighted by Gasteiger charge is 2.27. The number of hydrogen-bond acceptors (Lipinski definition) is 3. The summed E-state index contributed by atoms with van der Waals surface area (Å²) in [5, 5.41) is 7.25. The Hall–Kier alpha value is -1.95. The predicted molar refractivity (Wildman–Crippen MR) is 106 cm³/mol. The second-order valence-electron chi connectivity index (χ2n) is 6.61. The van der Waals surface area contributed by atoms with Gasteiger partial charge in [-0.25, -0.2) is 4.99 Å². The minimum Gasteiger partial charge on any atom is -0.490 e. The first-order valence-electron chi connectivity index (χ1n) is 9.22. The Kier molecular flexibility index (Phi) is 8.04. The third kappa shape index (κ3) is 6.09. The number of carbonyl (C=O) groups is 1. The first kappa shape index (κ1) is 20.4. The van der Waals surface area contributed by atoms with Crippen molar-refractivity contribution in [2.24, 2.45) is 10.9 Å². The van der Waals surface area contributed by atoms with Crippen LogP contribution < -0.4 is 15.4 Å². The van der Waals surface area contributed by atoms with Crippen LogP contribution in [-0.4, -0.2) is 55.6 Å². The van der Waals surface area contributed by atoms with Crippen LogP contribution in [-0.2, 0) is 4.79 Å². The van der Waals surface area contributed by atoms with E-state index < -0.39 is 0 Å². The van der Waals surface area contributed by atoms with Crippen LogP contribution in [0, 0.1) is 5.92 Å². The van der Waals surface area contributed by atoms with E-state index in [9.17, 15) is 4.79 Å². The number of carbonyl (C=O) groups excluding carboxylic acids is 1. The molecule has 0 aromatic heterocycles. The highest BCUT2D eigenvalue weighted by Crippen LogP contribution is 2.22. The fourth-order valence-corrected chi connectivity index (χ4v) is 3.02. The van der Waals surface area contributed by atoms with Gasteiger partial charge >= 0.3 is 0 Å². The van der Waals surface area contributed by atoms with Crippen molar-refractivity contribution in [2.75, 3.05) is 32.8 Å². The molecule has 144 valence electrons. The van der Waals surface area contributed by atoms with Crippen molar-refractivity contribution in [1.29, 1.82) is 0 Å². The normalized spacial score (nSPS) is 17.5. The monoisotopic (exact) mass is 380 g/mol. The second kappa shape index (κ2) is 10.3. The molecule has 7 heteroatoms. The van der Waals surface area contributed by atoms with E-state index in [-0.39, 0.29) is 17.9 Å². The molecule has 1 saturated heterocycles. The molecule has 1 amide bonds. The SMILES string of the molecule is CCNC(=NCCOc1ccccc1Cl)NC1CCN(C(=O)C(C)C)C1. The Balaban J connectivity index is 1.81. The first-order valence-corrected chi connectivity index (χ1v) is 9.60. The highest BCUT2D eigenvalue weighted by molar-refractivity contribution is 6.32. The van der Waals surface area contributed by atoms with Crippen LogP contribution >= 0.6 is 11.6 Å². The number of likely N-dealkylation sites (tertiary alicyclic amines) is 1. The maximum atomic E-state index is 12.1. The number of hydrogen-bond donors (Lipinski definition) is 2. The molecule has 1 aliphatic heterocycles. The molecule has 1 fully saturated rings. The molecule has 1 aromatic carbocycles. The van der Waals surface area contributed by atoms with Crippen molar-refractivity contribution in [3.63, 3.8) is 0 Å². The Morgan fingerprint density at radius 3 is 2.88 bits per heavy atom. The number of nitrogens with one attached hydrogen (secondary N) is 2. The summed E-state index contributed by atoms with van der Waals surface area (Å²) in [4.78, 5) is 18.6. The largest absolute Gasteiger partial charge is 0.490 e. The van der Waals surface area contributed by atoms with Crippen molar-refractivity contribution in [3.8, 4) is 5.75 Å². The van der Waals surface area contributed by atoms with Gasteiger partial charge in [-0.3, -0.25) is 4.79 Å². The van der Waals surface area contributed by atoms with Gasteiger partial charge in [-0.2, -0.15) is 0 Å². The molecule has 0 radical (unpaired) electrons. The van der Waals surface area contributed by atoms with E-state index in [1.807, 2.05) is 43.9 Å². The minimum atomic E-state index is 0.0395. The Bertz CT molecular complexity index is 621. The van der Waals surface area contributed by atoms with E-state index in [1.165, 1.54) is 0 Å². The number of guanidine groups is 1. The summed E-state index contributed by atoms with van der Waals surface area (Å²) in [5.74, 6) is 1.67. The van der Waals surface area contributed by atoms with Crippen LogP contribution in [0.1, 0.15) is 27.2 Å². The van der Waals surface area contributed by atoms with E-state index >= 15 is 0 Å². The zero-order chi connectivity index (χ0) is 18.9. The summed E-state index contributed by atoms with van der Waals surface area (Å²) >= 11 is 6.07. The zero-order valence-corrected chi connectivity index (χ0v) is 16.6. The van der Waals surface area contributed by atoms with Gasteiger partial charge in [-0.05, 0) is 25.5 Å². The summed E-state index contributed by atoms with van der Waals surface area (Å²) in [6.45, 7) is 9.16. The molecule has 6 nitrogen and oxygen atoms in total. The maximum absolute atomic E-state index is 12.1. The topological polar surface area (TPSA) is 66.0 Å². The van der Waals surface area contributed by atoms with E-state index in [2.05, 4.69) is 15.6 Å². The lowest BCUT2D eigenvalue weighted by Crippen LogP contribution is -2.45. The standard InChI is InChI=1S/C19H29ClN4O2/c1-4-21-19(22-10-12-26-17-8-6-5-7-16(17)20)23-15-9-11-24(13-15)18(25)14(2)3/h5-8,14-15H,4,9-13H2,1-3H3,(H2,21,22,23). The fourth-order valence-electron chi connectivity index (χ4n) is 2.83. The molecule has 1 unspecified atom stereocenters. The smallest absolute Gasteiger partial charge is 0.225 e. The molecule has 1 heterocycles. The molecule has 1 atom stereocenters. The zero-order valence-electron chi connectivity index (χ0n) is 15.8. The van der Waals surface area contributed by atoms with Crippen molar-refractivity contribution in [2.45, 2.75) is 33.2 Å². The Morgan fingerprint density at radius 2 is 2.19 bits per heavy atom. The number of nitrogens with zero attached hydrogens (tertiary/aromatic N) is 2. The molecule has 2 rings (SSSR count). The lowest BCUT2D eigenvalue weighted by molar-refractivity contribution is -0.133. The lowest BCUT2D eigenvalue weighted by Gasteiger charge is -2.20. The van der Waals surface area contributed by atoms with Gasteiger partial charge in [0, 0.05) is 31.6 Å². The second-order valence-corrected chi connectivity index (χ2v) is 7.02. The summed E-state index contributed by atoms with van der Waals surface area (Å²) < 4.78 is 5.66. The average molecular weight is 381 g/mol. The molecule has 1 aliphatic rings. The molecular formula is C19H29ClN4O2. The van der Waals surface area contributed by atoms with Gasteiger partial charge in [0.2, 0.25) is 5.91 Å². The fraction of sp³-hybridized carbons (Fsp3) is 0.579. The molecule has 0 bridgehead atoms. The van der Waals surface area contributed by atoms with Crippen molar-refractivity contribution < 1.29 is 9.53 Å². The first-order chi connectivity index (χ1) is 12.5. The number of ether oxygens (including phenoxy) is 1. The van der Waals surface area contributed by atoms with E-state index in [1.54, 1.807) is 6.07 Å². The Morgan fingerprint density at radius 1 is 1.42 bits per heavy atom. The molecule has 2 N–H and O–H groups in total. The summed E-state index contributed by atoms with van der Waals surface area (Å²) in [6, 6.07) is 7.63. The number of benzene rings is 1. The lowest BCUT2D eigenvalue weighted by atomic mass is 10.2. The molecule has 1 aromatic rings. The molecular weight excluding hydrogens is 352 g/mol. The number of halogens is 1. The molecule has 0 spiro atoms. The van der Waals surface area contributed by atoms with Crippen LogP contribution in [0.5, 0.6) is 5.75 Å². The van der Waals surface area contributed by atoms with Gasteiger partial charge in [-0.1, -0.05) is 37.6 Å². The van der Waals surface area contributed by atoms with Crippen LogP contribution in [0.2, 0.25) is 5.02 Å². The van der Waals surface area contributed by atoms with Crippen molar-refractivity contribution in [1.82, 2.24) is 15.5 Å². The number of rotatable bonds is 7. The minimum absolute atomic E-state index is 0.0395. The van der Waals surface area contributed by atoms with Crippen LogP contribution in [0.25, 0.3) is 0 Å². The van der Waals surface area contributed by atoms with Gasteiger partial charge in [-0.15, -0.1) is 0 Å². The maximum Gasteiger partial charge on any atom is 0.225 e. The third-order valence-corrected chi connectivity index (χ3v) is 4.45. The summed E-state index contributed by atoms with van der Waals surface area (Å²) in [7, 11) is 0. The van der Waals surface area contributed by atoms with Crippen LogP contribution in [0.15, 0.2) is 29.3 Å². The summed E-state index contributed by atoms with van der Waals surface area (Å²) in [5.41, 5.74) is 0. The van der Waals surface area contributed by atoms with Crippen molar-refractivity contribution >= 4 is 23.5 Å². The van der Waals surface area contributed by atoms with Crippen LogP contribution in [0.4, 0.5) is 0 Å². The van der Waals surface area contributed by atoms with Gasteiger partial charge in [0.15, 0.2) is 5.96 Å². The van der Waals surface area contributed by atoms with Gasteiger partial charge in [0.1, 0.15) is 12.4 Å². The molecule has 0 saturated carbocycles. The van der Waals surface area contributed by atoms with E-state index in [4.69, 9.17) is 16.3 Å². The van der Waals surface area contributed by atoms with Crippen molar-refractivity contribution in [3.05, 3.63) is 29.3 Å². The number of para-hydroxylation sites is 1. The summed E-state index contributed by atoms with van der Waals surface area (Å²) in [6.07, 6.45) is 0.930. The van der Waals surface area contributed by atoms with Crippen LogP contribution in [0.3, 0.4) is 0 Å².